The molecular weight excluding hydrogens is 1110 g/mol. The molecule has 2 unspecified atom stereocenters. The monoisotopic (exact) mass is 1230 g/mol. The molecule has 0 aromatic heterocycles. The summed E-state index contributed by atoms with van der Waals surface area (Å²) in [7, 11) is -9.30. The zero-order chi connectivity index (χ0) is 61.3. The van der Waals surface area contributed by atoms with E-state index in [-0.39, 0.29) is 76.4 Å². The largest absolute Gasteiger partial charge is 0.472 e. The van der Waals surface area contributed by atoms with Crippen molar-refractivity contribution in [2.24, 2.45) is 0 Å². The first kappa shape index (κ1) is 80.8. The average Bonchev–Trinajstić information content (AvgIpc) is 3.48. The standard InChI is InChI=1S/C61H122N4O16P2/c1-6-10-14-18-20-22-24-26-28-32-36-40-59(68)64-55(50-75-46-42-57(67)38-34-30-16-12-8-3)52-79-82(71,72)77-48-44-62-61(70)63-45-49-78-83(73,74)80-53-56(51-76-47-43-58(81-54(5)66)39-35-31-17-13-9-4)65-60(69)41-37-33-29-27-25-23-21-19-15-11-7-2/h55-58,67H,6-53H2,1-5H3,(H,64,68)(H,65,69)(H,71,72)(H,73,74)(H2,62,63,70)/t55-,56+,57+,58+/m0/s1. The Kier molecular flexibility index (Phi) is 56.0. The van der Waals surface area contributed by atoms with Crippen LogP contribution in [0.3, 0.4) is 0 Å². The van der Waals surface area contributed by atoms with Crippen LogP contribution in [0.5, 0.6) is 0 Å². The number of amides is 4. The fourth-order valence-electron chi connectivity index (χ4n) is 9.40. The number of esters is 1. The molecule has 0 aliphatic carbocycles. The maximum absolute atomic E-state index is 13.0. The number of carbonyl (C=O) groups excluding carboxylic acids is 4. The van der Waals surface area contributed by atoms with Crippen molar-refractivity contribution < 1.29 is 75.5 Å². The summed E-state index contributed by atoms with van der Waals surface area (Å²) in [6.07, 6.45) is 38.2. The van der Waals surface area contributed by atoms with Crippen molar-refractivity contribution in [1.82, 2.24) is 21.3 Å². The molecule has 0 saturated carbocycles. The predicted molar refractivity (Wildman–Crippen MR) is 330 cm³/mol. The summed E-state index contributed by atoms with van der Waals surface area (Å²) in [5.74, 6) is -0.829. The lowest BCUT2D eigenvalue weighted by Gasteiger charge is -2.22. The summed E-state index contributed by atoms with van der Waals surface area (Å²) >= 11 is 0. The Morgan fingerprint density at radius 2 is 0.747 bits per heavy atom. The SMILES string of the molecule is CCCCCCCCCCCCCC(=O)N[C@H](COCC[C@@H](CCCCCCC)OC(C)=O)COP(=O)(O)OCCNC(=O)NCCOP(=O)(O)OC[C@H](COCC[C@H](O)CCCCCCC)NC(=O)CCCCCCCCCCCCC. The van der Waals surface area contributed by atoms with Crippen LogP contribution < -0.4 is 21.3 Å². The van der Waals surface area contributed by atoms with Crippen LogP contribution in [0, 0.1) is 0 Å². The highest BCUT2D eigenvalue weighted by molar-refractivity contribution is 7.47. The zero-order valence-corrected chi connectivity index (χ0v) is 54.6. The van der Waals surface area contributed by atoms with Gasteiger partial charge in [0.05, 0.1) is 64.4 Å². The fourth-order valence-corrected chi connectivity index (χ4v) is 10.9. The number of ether oxygens (including phenoxy) is 3. The molecule has 0 aromatic carbocycles. The Bertz CT molecular complexity index is 1640. The van der Waals surface area contributed by atoms with Gasteiger partial charge in [-0.15, -0.1) is 0 Å². The lowest BCUT2D eigenvalue weighted by Crippen LogP contribution is -2.41. The molecule has 83 heavy (non-hydrogen) atoms. The van der Waals surface area contributed by atoms with E-state index in [1.165, 1.54) is 103 Å². The molecule has 0 radical (unpaired) electrons. The molecule has 0 aromatic rings. The van der Waals surface area contributed by atoms with Crippen LogP contribution in [0.2, 0.25) is 0 Å². The minimum Gasteiger partial charge on any atom is -0.462 e. The van der Waals surface area contributed by atoms with E-state index in [1.54, 1.807) is 0 Å². The number of nitrogens with one attached hydrogen (secondary N) is 4. The molecule has 4 amide bonds. The summed E-state index contributed by atoms with van der Waals surface area (Å²) in [6, 6.07) is -2.27. The number of phosphoric ester groups is 2. The van der Waals surface area contributed by atoms with E-state index in [1.807, 2.05) is 0 Å². The maximum atomic E-state index is 13.0. The van der Waals surface area contributed by atoms with Crippen LogP contribution in [0.1, 0.15) is 279 Å². The van der Waals surface area contributed by atoms with Gasteiger partial charge in [0.1, 0.15) is 6.10 Å². The average molecular weight is 1230 g/mol. The van der Waals surface area contributed by atoms with Crippen molar-refractivity contribution in [2.45, 2.75) is 303 Å². The second kappa shape index (κ2) is 57.5. The van der Waals surface area contributed by atoms with Gasteiger partial charge < -0.3 is 50.4 Å². The van der Waals surface area contributed by atoms with E-state index in [0.29, 0.717) is 38.5 Å². The third-order valence-electron chi connectivity index (χ3n) is 14.3. The van der Waals surface area contributed by atoms with Crippen molar-refractivity contribution in [3.8, 4) is 0 Å². The predicted octanol–water partition coefficient (Wildman–Crippen LogP) is 13.8. The summed E-state index contributed by atoms with van der Waals surface area (Å²) in [4.78, 5) is 71.2. The minimum atomic E-state index is -4.66. The van der Waals surface area contributed by atoms with Crippen LogP contribution >= 0.6 is 15.6 Å². The van der Waals surface area contributed by atoms with Gasteiger partial charge in [0.25, 0.3) is 0 Å². The second-order valence-electron chi connectivity index (χ2n) is 22.5. The second-order valence-corrected chi connectivity index (χ2v) is 25.4. The molecule has 0 bridgehead atoms. The Labute approximate surface area is 503 Å². The number of unbranched alkanes of at least 4 members (excludes halogenated alkanes) is 28. The fraction of sp³-hybridized carbons (Fsp3) is 0.934. The quantitative estimate of drug-likeness (QED) is 0.0169. The van der Waals surface area contributed by atoms with Crippen LogP contribution in [-0.4, -0.2) is 129 Å². The van der Waals surface area contributed by atoms with Crippen LogP contribution in [-0.2, 0) is 55.8 Å². The normalized spacial score (nSPS) is 14.5. The molecular formula is C61H122N4O16P2. The molecule has 0 heterocycles. The molecule has 20 nitrogen and oxygen atoms in total. The van der Waals surface area contributed by atoms with Crippen molar-refractivity contribution in [1.29, 1.82) is 0 Å². The summed E-state index contributed by atoms with van der Waals surface area (Å²) < 4.78 is 63.6. The third kappa shape index (κ3) is 57.3. The van der Waals surface area contributed by atoms with Gasteiger partial charge in [0.2, 0.25) is 11.8 Å². The van der Waals surface area contributed by atoms with Crippen molar-refractivity contribution in [3.63, 3.8) is 0 Å². The van der Waals surface area contributed by atoms with Gasteiger partial charge in [-0.05, 0) is 38.5 Å². The van der Waals surface area contributed by atoms with Gasteiger partial charge in [-0.25, -0.2) is 13.9 Å². The Balaban J connectivity index is 5.04. The number of hydrogen-bond acceptors (Lipinski definition) is 14. The smallest absolute Gasteiger partial charge is 0.462 e. The molecule has 0 fully saturated rings. The van der Waals surface area contributed by atoms with E-state index in [2.05, 4.69) is 49.0 Å². The lowest BCUT2D eigenvalue weighted by atomic mass is 10.1. The van der Waals surface area contributed by atoms with Crippen molar-refractivity contribution in [3.05, 3.63) is 0 Å². The Morgan fingerprint density at radius 1 is 0.410 bits per heavy atom. The van der Waals surface area contributed by atoms with E-state index in [9.17, 15) is 43.2 Å². The zero-order valence-electron chi connectivity index (χ0n) is 52.8. The number of hydrogen-bond donors (Lipinski definition) is 7. The van der Waals surface area contributed by atoms with Gasteiger partial charge in [-0.1, -0.05) is 214 Å². The van der Waals surface area contributed by atoms with Crippen LogP contribution in [0.15, 0.2) is 0 Å². The van der Waals surface area contributed by atoms with Gasteiger partial charge in [0, 0.05) is 45.9 Å². The highest BCUT2D eigenvalue weighted by Gasteiger charge is 2.26. The first-order valence-corrected chi connectivity index (χ1v) is 35.9. The topological polar surface area (TPSA) is 276 Å². The highest BCUT2D eigenvalue weighted by Crippen LogP contribution is 2.43. The van der Waals surface area contributed by atoms with Crippen molar-refractivity contribution >= 4 is 39.5 Å². The Hall–Kier alpha value is -2.22. The van der Waals surface area contributed by atoms with Gasteiger partial charge in [0.15, 0.2) is 0 Å². The maximum Gasteiger partial charge on any atom is 0.472 e. The molecule has 0 rings (SSSR count). The molecule has 0 saturated heterocycles. The first-order chi connectivity index (χ1) is 40.1. The van der Waals surface area contributed by atoms with Gasteiger partial charge in [-0.2, -0.15) is 0 Å². The summed E-state index contributed by atoms with van der Waals surface area (Å²) in [6.45, 7) is 8.52. The molecule has 0 aliphatic heterocycles. The number of aliphatic hydroxyl groups excluding tert-OH is 1. The molecule has 492 valence electrons. The van der Waals surface area contributed by atoms with Crippen molar-refractivity contribution in [2.75, 3.05) is 65.9 Å². The molecule has 7 N–H and O–H groups in total. The molecule has 6 atom stereocenters. The number of phosphoric acid groups is 2. The number of aliphatic hydroxyl groups is 1. The minimum absolute atomic E-state index is 0.00913. The molecule has 22 heteroatoms. The van der Waals surface area contributed by atoms with Crippen LogP contribution in [0.4, 0.5) is 4.79 Å². The lowest BCUT2D eigenvalue weighted by molar-refractivity contribution is -0.147. The van der Waals surface area contributed by atoms with E-state index < -0.39 is 59.7 Å². The van der Waals surface area contributed by atoms with Gasteiger partial charge >= 0.3 is 27.6 Å². The number of rotatable bonds is 63. The third-order valence-corrected chi connectivity index (χ3v) is 16.3. The molecule has 0 aliphatic rings. The summed E-state index contributed by atoms with van der Waals surface area (Å²) in [5.41, 5.74) is 0. The van der Waals surface area contributed by atoms with E-state index in [4.69, 9.17) is 32.3 Å². The van der Waals surface area contributed by atoms with Crippen LogP contribution in [0.25, 0.3) is 0 Å². The van der Waals surface area contributed by atoms with E-state index in [0.717, 1.165) is 103 Å². The van der Waals surface area contributed by atoms with E-state index >= 15 is 0 Å². The van der Waals surface area contributed by atoms with Gasteiger partial charge in [-0.3, -0.25) is 32.5 Å². The highest BCUT2D eigenvalue weighted by atomic mass is 31.2. The Morgan fingerprint density at radius 3 is 1.12 bits per heavy atom. The number of carbonyl (C=O) groups is 4. The molecule has 0 spiro atoms. The number of urea groups is 1. The summed E-state index contributed by atoms with van der Waals surface area (Å²) in [5, 5.41) is 21.0. The first-order valence-electron chi connectivity index (χ1n) is 32.9.